The molecule has 1 saturated heterocycles. The van der Waals surface area contributed by atoms with Gasteiger partial charge in [0.15, 0.2) is 0 Å². The predicted octanol–water partition coefficient (Wildman–Crippen LogP) is 1.96. The van der Waals surface area contributed by atoms with Crippen LogP contribution in [0.25, 0.3) is 0 Å². The fraction of sp³-hybridized carbons (Fsp3) is 0.667. The van der Waals surface area contributed by atoms with Crippen molar-refractivity contribution >= 4 is 0 Å². The Kier molecular flexibility index (Phi) is 2.00. The van der Waals surface area contributed by atoms with Crippen molar-refractivity contribution in [2.24, 2.45) is 0 Å². The summed E-state index contributed by atoms with van der Waals surface area (Å²) in [5.74, 6) is 0. The smallest absolute Gasteiger partial charge is 0.0560 e. The van der Waals surface area contributed by atoms with Crippen LogP contribution in [0.4, 0.5) is 0 Å². The van der Waals surface area contributed by atoms with Crippen molar-refractivity contribution in [1.82, 2.24) is 9.80 Å². The van der Waals surface area contributed by atoms with E-state index >= 15 is 0 Å². The second-order valence-corrected chi connectivity index (χ2v) is 4.44. The number of allylic oxidation sites excluding steroid dienone is 2. The minimum atomic E-state index is 1.24. The van der Waals surface area contributed by atoms with E-state index < -0.39 is 0 Å². The van der Waals surface area contributed by atoms with Gasteiger partial charge in [0.05, 0.1) is 11.4 Å². The molecule has 0 saturated carbocycles. The van der Waals surface area contributed by atoms with Crippen LogP contribution in [0.15, 0.2) is 23.5 Å². The minimum absolute atomic E-state index is 1.24. The second-order valence-electron chi connectivity index (χ2n) is 4.44. The van der Waals surface area contributed by atoms with Gasteiger partial charge in [-0.05, 0) is 25.7 Å². The van der Waals surface area contributed by atoms with Crippen LogP contribution in [0.3, 0.4) is 0 Å². The molecule has 2 nitrogen and oxygen atoms in total. The van der Waals surface area contributed by atoms with Crippen molar-refractivity contribution in [3.63, 3.8) is 0 Å². The Hall–Kier alpha value is -0.920. The zero-order chi connectivity index (χ0) is 9.38. The second kappa shape index (κ2) is 3.34. The molecule has 3 rings (SSSR count). The molecule has 2 heteroatoms. The van der Waals surface area contributed by atoms with Gasteiger partial charge in [-0.3, -0.25) is 0 Å². The molecule has 0 aromatic heterocycles. The Balaban J connectivity index is 1.94. The molecule has 0 spiro atoms. The van der Waals surface area contributed by atoms with Crippen molar-refractivity contribution < 1.29 is 0 Å². The van der Waals surface area contributed by atoms with Crippen molar-refractivity contribution in [1.29, 1.82) is 0 Å². The summed E-state index contributed by atoms with van der Waals surface area (Å²) >= 11 is 0. The normalized spacial score (nSPS) is 26.3. The average molecular weight is 190 g/mol. The number of hydrogen-bond donors (Lipinski definition) is 0. The predicted molar refractivity (Wildman–Crippen MR) is 57.8 cm³/mol. The van der Waals surface area contributed by atoms with E-state index in [4.69, 9.17) is 0 Å². The van der Waals surface area contributed by atoms with Crippen LogP contribution in [-0.2, 0) is 0 Å². The lowest BCUT2D eigenvalue weighted by Crippen LogP contribution is -2.45. The SMILES string of the molecule is C1=C2C3=CCCCN3CCN2CCC1. The van der Waals surface area contributed by atoms with E-state index in [0.717, 1.165) is 0 Å². The van der Waals surface area contributed by atoms with Gasteiger partial charge in [0.1, 0.15) is 0 Å². The minimum Gasteiger partial charge on any atom is -0.368 e. The molecule has 14 heavy (non-hydrogen) atoms. The van der Waals surface area contributed by atoms with Crippen LogP contribution < -0.4 is 0 Å². The summed E-state index contributed by atoms with van der Waals surface area (Å²) in [5.41, 5.74) is 3.06. The summed E-state index contributed by atoms with van der Waals surface area (Å²) in [6, 6.07) is 0. The molecule has 76 valence electrons. The molecule has 0 unspecified atom stereocenters. The zero-order valence-electron chi connectivity index (χ0n) is 8.71. The van der Waals surface area contributed by atoms with Crippen molar-refractivity contribution in [3.05, 3.63) is 23.5 Å². The third-order valence-electron chi connectivity index (χ3n) is 3.52. The highest BCUT2D eigenvalue weighted by Gasteiger charge is 2.27. The molecule has 3 aliphatic heterocycles. The first-order valence-electron chi connectivity index (χ1n) is 5.86. The summed E-state index contributed by atoms with van der Waals surface area (Å²) in [6.07, 6.45) is 10.1. The van der Waals surface area contributed by atoms with Gasteiger partial charge in [-0.25, -0.2) is 0 Å². The molecule has 0 aromatic carbocycles. The number of piperazine rings is 1. The van der Waals surface area contributed by atoms with Gasteiger partial charge in [0.2, 0.25) is 0 Å². The van der Waals surface area contributed by atoms with Crippen LogP contribution >= 0.6 is 0 Å². The van der Waals surface area contributed by atoms with Crippen molar-refractivity contribution in [3.8, 4) is 0 Å². The van der Waals surface area contributed by atoms with Gasteiger partial charge >= 0.3 is 0 Å². The Morgan fingerprint density at radius 3 is 1.71 bits per heavy atom. The van der Waals surface area contributed by atoms with E-state index in [2.05, 4.69) is 22.0 Å². The maximum Gasteiger partial charge on any atom is 0.0560 e. The summed E-state index contributed by atoms with van der Waals surface area (Å²) in [5, 5.41) is 0. The quantitative estimate of drug-likeness (QED) is 0.576. The van der Waals surface area contributed by atoms with Gasteiger partial charge < -0.3 is 9.80 Å². The first-order valence-corrected chi connectivity index (χ1v) is 5.86. The van der Waals surface area contributed by atoms with E-state index in [9.17, 15) is 0 Å². The van der Waals surface area contributed by atoms with Gasteiger partial charge in [-0.2, -0.15) is 0 Å². The van der Waals surface area contributed by atoms with E-state index in [1.165, 1.54) is 63.3 Å². The fourth-order valence-electron chi connectivity index (χ4n) is 2.78. The number of nitrogens with zero attached hydrogens (tertiary/aromatic N) is 2. The maximum atomic E-state index is 2.57. The Morgan fingerprint density at radius 1 is 0.714 bits per heavy atom. The number of rotatable bonds is 0. The average Bonchev–Trinajstić information content (AvgIpc) is 2.29. The highest BCUT2D eigenvalue weighted by Crippen LogP contribution is 2.31. The first-order chi connectivity index (χ1) is 6.95. The largest absolute Gasteiger partial charge is 0.368 e. The van der Waals surface area contributed by atoms with Gasteiger partial charge in [0.25, 0.3) is 0 Å². The lowest BCUT2D eigenvalue weighted by Gasteiger charge is -2.44. The molecule has 0 amide bonds. The van der Waals surface area contributed by atoms with Crippen LogP contribution in [0.2, 0.25) is 0 Å². The Bertz CT molecular complexity index is 261. The van der Waals surface area contributed by atoms with Crippen LogP contribution in [0.5, 0.6) is 0 Å². The van der Waals surface area contributed by atoms with E-state index in [1.54, 1.807) is 0 Å². The van der Waals surface area contributed by atoms with E-state index in [0.29, 0.717) is 0 Å². The summed E-state index contributed by atoms with van der Waals surface area (Å²) < 4.78 is 0. The van der Waals surface area contributed by atoms with E-state index in [-0.39, 0.29) is 0 Å². The van der Waals surface area contributed by atoms with Crippen LogP contribution in [0, 0.1) is 0 Å². The standard InChI is InChI=1S/C12H18N2/c1-3-7-13-9-10-14-8-4-2-6-12(14)11(13)5-1/h5-6H,1-4,7-10H2. The molecule has 0 N–H and O–H groups in total. The molecule has 0 radical (unpaired) electrons. The summed E-state index contributed by atoms with van der Waals surface area (Å²) in [4.78, 5) is 5.13. The van der Waals surface area contributed by atoms with Gasteiger partial charge in [-0.15, -0.1) is 0 Å². The molecule has 0 bridgehead atoms. The molecule has 3 aliphatic rings. The first kappa shape index (κ1) is 8.39. The molecular weight excluding hydrogens is 172 g/mol. The third-order valence-corrected chi connectivity index (χ3v) is 3.52. The monoisotopic (exact) mass is 190 g/mol. The maximum absolute atomic E-state index is 2.57. The van der Waals surface area contributed by atoms with Crippen LogP contribution in [0.1, 0.15) is 25.7 Å². The summed E-state index contributed by atoms with van der Waals surface area (Å²) in [7, 11) is 0. The Morgan fingerprint density at radius 2 is 1.21 bits per heavy atom. The summed E-state index contributed by atoms with van der Waals surface area (Å²) in [6.45, 7) is 5.03. The Labute approximate surface area is 85.9 Å². The lowest BCUT2D eigenvalue weighted by atomic mass is 10.0. The number of fused-ring (bicyclic) bond motifs is 3. The zero-order valence-corrected chi connectivity index (χ0v) is 8.71. The molecule has 0 aliphatic carbocycles. The lowest BCUT2D eigenvalue weighted by molar-refractivity contribution is 0.200. The number of hydrogen-bond acceptors (Lipinski definition) is 2. The van der Waals surface area contributed by atoms with Crippen LogP contribution in [-0.4, -0.2) is 36.0 Å². The highest BCUT2D eigenvalue weighted by atomic mass is 15.3. The fourth-order valence-corrected chi connectivity index (χ4v) is 2.78. The molecular formula is C12H18N2. The molecule has 0 aromatic rings. The molecule has 1 fully saturated rings. The van der Waals surface area contributed by atoms with E-state index in [1.807, 2.05) is 0 Å². The van der Waals surface area contributed by atoms with Gasteiger partial charge in [-0.1, -0.05) is 12.2 Å². The van der Waals surface area contributed by atoms with Crippen molar-refractivity contribution in [2.75, 3.05) is 26.2 Å². The van der Waals surface area contributed by atoms with Gasteiger partial charge in [0, 0.05) is 26.2 Å². The topological polar surface area (TPSA) is 6.48 Å². The molecule has 0 atom stereocenters. The third kappa shape index (κ3) is 1.24. The molecule has 3 heterocycles. The highest BCUT2D eigenvalue weighted by molar-refractivity contribution is 5.33. The van der Waals surface area contributed by atoms with Crippen molar-refractivity contribution in [2.45, 2.75) is 25.7 Å².